The molecule has 0 aliphatic rings. The molecule has 0 saturated carbocycles. The summed E-state index contributed by atoms with van der Waals surface area (Å²) in [5.41, 5.74) is 0.266. The molecule has 0 fully saturated rings. The SMILES string of the molecule is CCOC(=O)C(C#N)=Cc1ccc(OC(=O)c2ccc([N+](=O)[O-])cc2)c(OCC)c1. The van der Waals surface area contributed by atoms with E-state index in [0.717, 1.165) is 0 Å². The largest absolute Gasteiger partial charge is 0.490 e. The smallest absolute Gasteiger partial charge is 0.348 e. The molecule has 0 aromatic heterocycles. The number of ether oxygens (including phenoxy) is 3. The average molecular weight is 410 g/mol. The molecule has 30 heavy (non-hydrogen) atoms. The number of nitriles is 1. The van der Waals surface area contributed by atoms with Gasteiger partial charge in [0, 0.05) is 12.1 Å². The summed E-state index contributed by atoms with van der Waals surface area (Å²) in [7, 11) is 0. The molecular weight excluding hydrogens is 392 g/mol. The van der Waals surface area contributed by atoms with Crippen LogP contribution >= 0.6 is 0 Å². The Hall–Kier alpha value is -4.19. The Morgan fingerprint density at radius 3 is 2.37 bits per heavy atom. The Balaban J connectivity index is 2.28. The quantitative estimate of drug-likeness (QED) is 0.161. The number of hydrogen-bond donors (Lipinski definition) is 0. The Kier molecular flexibility index (Phi) is 7.65. The van der Waals surface area contributed by atoms with Gasteiger partial charge in [-0.25, -0.2) is 9.59 Å². The molecule has 0 unspecified atom stereocenters. The first-order valence-corrected chi connectivity index (χ1v) is 8.92. The zero-order valence-corrected chi connectivity index (χ0v) is 16.3. The first kappa shape index (κ1) is 22.1. The number of nitro benzene ring substituents is 1. The van der Waals surface area contributed by atoms with Crippen LogP contribution in [0, 0.1) is 21.4 Å². The first-order chi connectivity index (χ1) is 14.4. The van der Waals surface area contributed by atoms with Crippen LogP contribution in [0.2, 0.25) is 0 Å². The molecule has 0 aliphatic carbocycles. The number of non-ortho nitro benzene ring substituents is 1. The molecule has 2 rings (SSSR count). The summed E-state index contributed by atoms with van der Waals surface area (Å²) in [5.74, 6) is -1.13. The molecule has 0 heterocycles. The molecule has 2 aromatic rings. The fraction of sp³-hybridized carbons (Fsp3) is 0.190. The lowest BCUT2D eigenvalue weighted by Crippen LogP contribution is -2.10. The van der Waals surface area contributed by atoms with E-state index >= 15 is 0 Å². The molecule has 0 N–H and O–H groups in total. The van der Waals surface area contributed by atoms with E-state index in [9.17, 15) is 19.7 Å². The fourth-order valence-electron chi connectivity index (χ4n) is 2.36. The standard InChI is InChI=1S/C21H18N2O7/c1-3-28-19-12-14(11-16(13-22)20(24)29-4-2)5-10-18(19)30-21(25)15-6-8-17(9-7-15)23(26)27/h5-12H,3-4H2,1-2H3. The summed E-state index contributed by atoms with van der Waals surface area (Å²) in [4.78, 5) is 34.3. The summed E-state index contributed by atoms with van der Waals surface area (Å²) < 4.78 is 15.7. The Bertz CT molecular complexity index is 1020. The lowest BCUT2D eigenvalue weighted by atomic mass is 10.1. The van der Waals surface area contributed by atoms with Gasteiger partial charge < -0.3 is 14.2 Å². The van der Waals surface area contributed by atoms with Crippen molar-refractivity contribution in [2.75, 3.05) is 13.2 Å². The van der Waals surface area contributed by atoms with Crippen molar-refractivity contribution in [2.24, 2.45) is 0 Å². The molecule has 0 spiro atoms. The van der Waals surface area contributed by atoms with Crippen LogP contribution in [-0.4, -0.2) is 30.1 Å². The van der Waals surface area contributed by atoms with Gasteiger partial charge in [-0.1, -0.05) is 6.07 Å². The zero-order chi connectivity index (χ0) is 22.1. The third kappa shape index (κ3) is 5.65. The second-order valence-corrected chi connectivity index (χ2v) is 5.72. The molecule has 0 bridgehead atoms. The van der Waals surface area contributed by atoms with Gasteiger partial charge in [-0.3, -0.25) is 10.1 Å². The van der Waals surface area contributed by atoms with Crippen molar-refractivity contribution in [1.82, 2.24) is 0 Å². The Morgan fingerprint density at radius 2 is 1.80 bits per heavy atom. The second kappa shape index (κ2) is 10.4. The summed E-state index contributed by atoms with van der Waals surface area (Å²) >= 11 is 0. The number of benzene rings is 2. The van der Waals surface area contributed by atoms with Crippen molar-refractivity contribution in [3.63, 3.8) is 0 Å². The average Bonchev–Trinajstić information content (AvgIpc) is 2.74. The second-order valence-electron chi connectivity index (χ2n) is 5.72. The van der Waals surface area contributed by atoms with Crippen molar-refractivity contribution in [1.29, 1.82) is 5.26 Å². The molecule has 0 atom stereocenters. The normalized spacial score (nSPS) is 10.6. The molecule has 9 nitrogen and oxygen atoms in total. The van der Waals surface area contributed by atoms with Crippen LogP contribution in [0.25, 0.3) is 6.08 Å². The van der Waals surface area contributed by atoms with Gasteiger partial charge in [0.2, 0.25) is 0 Å². The van der Waals surface area contributed by atoms with Crippen LogP contribution in [0.5, 0.6) is 11.5 Å². The van der Waals surface area contributed by atoms with Gasteiger partial charge in [-0.15, -0.1) is 0 Å². The predicted molar refractivity (Wildman–Crippen MR) is 106 cm³/mol. The van der Waals surface area contributed by atoms with Crippen LogP contribution in [0.4, 0.5) is 5.69 Å². The number of hydrogen-bond acceptors (Lipinski definition) is 8. The lowest BCUT2D eigenvalue weighted by molar-refractivity contribution is -0.384. The third-order valence-corrected chi connectivity index (χ3v) is 3.71. The maximum Gasteiger partial charge on any atom is 0.348 e. The van der Waals surface area contributed by atoms with E-state index in [0.29, 0.717) is 5.56 Å². The van der Waals surface area contributed by atoms with Gasteiger partial charge in [-0.2, -0.15) is 5.26 Å². The zero-order valence-electron chi connectivity index (χ0n) is 16.3. The summed E-state index contributed by atoms with van der Waals surface area (Å²) in [6.45, 7) is 3.79. The monoisotopic (exact) mass is 410 g/mol. The minimum atomic E-state index is -0.744. The number of nitrogens with zero attached hydrogens (tertiary/aromatic N) is 2. The van der Waals surface area contributed by atoms with Crippen LogP contribution in [-0.2, 0) is 9.53 Å². The molecular formula is C21H18N2O7. The Morgan fingerprint density at radius 1 is 1.10 bits per heavy atom. The van der Waals surface area contributed by atoms with Gasteiger partial charge >= 0.3 is 11.9 Å². The van der Waals surface area contributed by atoms with Gasteiger partial charge in [-0.05, 0) is 49.8 Å². The number of nitro groups is 1. The van der Waals surface area contributed by atoms with E-state index in [4.69, 9.17) is 19.5 Å². The van der Waals surface area contributed by atoms with E-state index in [1.165, 1.54) is 48.5 Å². The maximum absolute atomic E-state index is 12.4. The third-order valence-electron chi connectivity index (χ3n) is 3.71. The van der Waals surface area contributed by atoms with Gasteiger partial charge in [0.1, 0.15) is 11.6 Å². The van der Waals surface area contributed by atoms with Gasteiger partial charge in [0.15, 0.2) is 11.5 Å². The Labute approximate surface area is 172 Å². The highest BCUT2D eigenvalue weighted by atomic mass is 16.6. The predicted octanol–water partition coefficient (Wildman–Crippen LogP) is 3.68. The van der Waals surface area contributed by atoms with Crippen LogP contribution in [0.3, 0.4) is 0 Å². The number of carbonyl (C=O) groups is 2. The molecule has 154 valence electrons. The van der Waals surface area contributed by atoms with E-state index in [2.05, 4.69) is 0 Å². The molecule has 0 aliphatic heterocycles. The summed E-state index contributed by atoms with van der Waals surface area (Å²) in [6, 6.07) is 11.3. The van der Waals surface area contributed by atoms with Crippen molar-refractivity contribution >= 4 is 23.7 Å². The van der Waals surface area contributed by atoms with E-state index in [1.807, 2.05) is 0 Å². The molecule has 0 radical (unpaired) electrons. The minimum absolute atomic E-state index is 0.118. The topological polar surface area (TPSA) is 129 Å². The van der Waals surface area contributed by atoms with Crippen LogP contribution < -0.4 is 9.47 Å². The van der Waals surface area contributed by atoms with Gasteiger partial charge in [0.05, 0.1) is 23.7 Å². The maximum atomic E-state index is 12.4. The number of esters is 2. The minimum Gasteiger partial charge on any atom is -0.490 e. The van der Waals surface area contributed by atoms with E-state index in [1.54, 1.807) is 19.9 Å². The highest BCUT2D eigenvalue weighted by molar-refractivity contribution is 5.98. The molecule has 2 aromatic carbocycles. The molecule has 0 amide bonds. The summed E-state index contributed by atoms with van der Waals surface area (Å²) in [5, 5.41) is 19.9. The van der Waals surface area contributed by atoms with E-state index in [-0.39, 0.29) is 41.5 Å². The molecule has 9 heteroatoms. The van der Waals surface area contributed by atoms with Crippen LogP contribution in [0.1, 0.15) is 29.8 Å². The highest BCUT2D eigenvalue weighted by Gasteiger charge is 2.16. The molecule has 0 saturated heterocycles. The van der Waals surface area contributed by atoms with E-state index < -0.39 is 16.9 Å². The first-order valence-electron chi connectivity index (χ1n) is 8.92. The van der Waals surface area contributed by atoms with Crippen molar-refractivity contribution in [3.05, 3.63) is 69.3 Å². The van der Waals surface area contributed by atoms with Crippen molar-refractivity contribution in [2.45, 2.75) is 13.8 Å². The number of rotatable bonds is 8. The highest BCUT2D eigenvalue weighted by Crippen LogP contribution is 2.30. The lowest BCUT2D eigenvalue weighted by Gasteiger charge is -2.11. The van der Waals surface area contributed by atoms with Crippen molar-refractivity contribution < 1.29 is 28.7 Å². The fourth-order valence-corrected chi connectivity index (χ4v) is 2.36. The summed E-state index contributed by atoms with van der Waals surface area (Å²) in [6.07, 6.45) is 1.34. The number of carbonyl (C=O) groups excluding carboxylic acids is 2. The van der Waals surface area contributed by atoms with Crippen LogP contribution in [0.15, 0.2) is 48.0 Å². The van der Waals surface area contributed by atoms with Crippen molar-refractivity contribution in [3.8, 4) is 17.6 Å². The van der Waals surface area contributed by atoms with Gasteiger partial charge in [0.25, 0.3) is 5.69 Å².